The lowest BCUT2D eigenvalue weighted by molar-refractivity contribution is 0.0968. The number of ketones is 1. The van der Waals surface area contributed by atoms with E-state index in [1.165, 1.54) is 16.8 Å². The summed E-state index contributed by atoms with van der Waals surface area (Å²) in [6.07, 6.45) is 6.13. The molecular formula is C13H19NO. The molecule has 2 rings (SSSR count). The first-order valence-corrected chi connectivity index (χ1v) is 6.03. The molecule has 1 aliphatic carbocycles. The third-order valence-corrected chi connectivity index (χ3v) is 3.27. The van der Waals surface area contributed by atoms with Crippen molar-refractivity contribution in [3.63, 3.8) is 0 Å². The number of nitrogens with one attached hydrogen (secondary N) is 1. The second kappa shape index (κ2) is 4.21. The fourth-order valence-electron chi connectivity index (χ4n) is 2.55. The Balaban J connectivity index is 2.47. The molecule has 1 aliphatic rings. The van der Waals surface area contributed by atoms with Crippen LogP contribution >= 0.6 is 0 Å². The van der Waals surface area contributed by atoms with E-state index in [0.29, 0.717) is 5.78 Å². The zero-order chi connectivity index (χ0) is 10.8. The van der Waals surface area contributed by atoms with Crippen LogP contribution in [0.3, 0.4) is 0 Å². The number of aromatic nitrogens is 1. The van der Waals surface area contributed by atoms with Crippen LogP contribution < -0.4 is 0 Å². The number of aryl methyl sites for hydroxylation is 1. The molecule has 0 amide bonds. The molecule has 0 aliphatic heterocycles. The van der Waals surface area contributed by atoms with Crippen molar-refractivity contribution in [1.82, 2.24) is 4.98 Å². The minimum absolute atomic E-state index is 0.313. The molecule has 82 valence electrons. The zero-order valence-corrected chi connectivity index (χ0v) is 9.65. The summed E-state index contributed by atoms with van der Waals surface area (Å²) in [7, 11) is 0. The van der Waals surface area contributed by atoms with E-state index in [2.05, 4.69) is 18.8 Å². The second-order valence-electron chi connectivity index (χ2n) is 4.32. The Morgan fingerprint density at radius 1 is 1.27 bits per heavy atom. The lowest BCUT2D eigenvalue weighted by atomic mass is 9.92. The standard InChI is InChI=1S/C13H19NO/c1-3-6-9-10-7-5-8-12(15)13(10)14-11(9)4-2/h14H,3-8H2,1-2H3. The molecule has 0 unspecified atom stereocenters. The monoisotopic (exact) mass is 205 g/mol. The second-order valence-corrected chi connectivity index (χ2v) is 4.32. The highest BCUT2D eigenvalue weighted by atomic mass is 16.1. The van der Waals surface area contributed by atoms with Gasteiger partial charge in [0.15, 0.2) is 5.78 Å². The largest absolute Gasteiger partial charge is 0.356 e. The summed E-state index contributed by atoms with van der Waals surface area (Å²) >= 11 is 0. The van der Waals surface area contributed by atoms with Gasteiger partial charge < -0.3 is 4.98 Å². The van der Waals surface area contributed by atoms with Crippen LogP contribution in [0.4, 0.5) is 0 Å². The molecule has 0 atom stereocenters. The predicted octanol–water partition coefficient (Wildman–Crippen LogP) is 3.05. The number of H-pyrrole nitrogens is 1. The van der Waals surface area contributed by atoms with Crippen molar-refractivity contribution in [2.24, 2.45) is 0 Å². The summed E-state index contributed by atoms with van der Waals surface area (Å²) in [6, 6.07) is 0. The van der Waals surface area contributed by atoms with Gasteiger partial charge in [0.05, 0.1) is 5.69 Å². The van der Waals surface area contributed by atoms with Gasteiger partial charge in [-0.3, -0.25) is 4.79 Å². The van der Waals surface area contributed by atoms with Gasteiger partial charge in [0, 0.05) is 12.1 Å². The molecule has 1 N–H and O–H groups in total. The van der Waals surface area contributed by atoms with Crippen molar-refractivity contribution >= 4 is 5.78 Å². The van der Waals surface area contributed by atoms with E-state index in [1.807, 2.05) is 0 Å². The molecule has 0 saturated carbocycles. The van der Waals surface area contributed by atoms with Gasteiger partial charge in [0.2, 0.25) is 0 Å². The Hall–Kier alpha value is -1.05. The number of rotatable bonds is 3. The number of hydrogen-bond donors (Lipinski definition) is 1. The molecule has 0 spiro atoms. The number of carbonyl (C=O) groups is 1. The smallest absolute Gasteiger partial charge is 0.179 e. The molecule has 1 aromatic heterocycles. The quantitative estimate of drug-likeness (QED) is 0.808. The van der Waals surface area contributed by atoms with Crippen molar-refractivity contribution < 1.29 is 4.79 Å². The molecule has 1 aromatic rings. The van der Waals surface area contributed by atoms with Crippen molar-refractivity contribution in [3.05, 3.63) is 22.5 Å². The Morgan fingerprint density at radius 3 is 2.73 bits per heavy atom. The van der Waals surface area contributed by atoms with Crippen LogP contribution in [0.2, 0.25) is 0 Å². The molecule has 0 saturated heterocycles. The first-order chi connectivity index (χ1) is 7.27. The minimum atomic E-state index is 0.313. The number of aromatic amines is 1. The van der Waals surface area contributed by atoms with E-state index in [1.54, 1.807) is 0 Å². The van der Waals surface area contributed by atoms with Gasteiger partial charge in [-0.2, -0.15) is 0 Å². The maximum Gasteiger partial charge on any atom is 0.179 e. The SMILES string of the molecule is CCCc1c(CC)[nH]c2c1CCCC2=O. The lowest BCUT2D eigenvalue weighted by Gasteiger charge is -2.11. The van der Waals surface area contributed by atoms with E-state index < -0.39 is 0 Å². The summed E-state index contributed by atoms with van der Waals surface area (Å²) < 4.78 is 0. The van der Waals surface area contributed by atoms with E-state index in [9.17, 15) is 4.79 Å². The Bertz CT molecular complexity index is 376. The number of carbonyl (C=O) groups excluding carboxylic acids is 1. The summed E-state index contributed by atoms with van der Waals surface area (Å²) in [5.41, 5.74) is 4.96. The predicted molar refractivity (Wildman–Crippen MR) is 61.4 cm³/mol. The molecule has 0 fully saturated rings. The highest BCUT2D eigenvalue weighted by molar-refractivity contribution is 5.97. The Morgan fingerprint density at radius 2 is 2.07 bits per heavy atom. The molecule has 0 bridgehead atoms. The molecular weight excluding hydrogens is 186 g/mol. The Labute approximate surface area is 91.1 Å². The first kappa shape index (κ1) is 10.5. The van der Waals surface area contributed by atoms with Crippen LogP contribution in [0.25, 0.3) is 0 Å². The fraction of sp³-hybridized carbons (Fsp3) is 0.615. The number of Topliss-reactive ketones (excluding diaryl/α,β-unsaturated/α-hetero) is 1. The van der Waals surface area contributed by atoms with E-state index in [0.717, 1.165) is 44.2 Å². The topological polar surface area (TPSA) is 32.9 Å². The molecule has 0 radical (unpaired) electrons. The summed E-state index contributed by atoms with van der Waals surface area (Å²) in [5.74, 6) is 0.313. The summed E-state index contributed by atoms with van der Waals surface area (Å²) in [6.45, 7) is 4.35. The van der Waals surface area contributed by atoms with Gasteiger partial charge in [-0.1, -0.05) is 20.3 Å². The third kappa shape index (κ3) is 1.73. The highest BCUT2D eigenvalue weighted by Crippen LogP contribution is 2.28. The van der Waals surface area contributed by atoms with Gasteiger partial charge in [-0.25, -0.2) is 0 Å². The average molecular weight is 205 g/mol. The Kier molecular flexibility index (Phi) is 2.94. The first-order valence-electron chi connectivity index (χ1n) is 6.03. The number of hydrogen-bond acceptors (Lipinski definition) is 1. The molecule has 2 heteroatoms. The van der Waals surface area contributed by atoms with Gasteiger partial charge in [-0.15, -0.1) is 0 Å². The average Bonchev–Trinajstić information content (AvgIpc) is 2.59. The molecule has 15 heavy (non-hydrogen) atoms. The van der Waals surface area contributed by atoms with E-state index in [-0.39, 0.29) is 0 Å². The molecule has 2 nitrogen and oxygen atoms in total. The van der Waals surface area contributed by atoms with Gasteiger partial charge in [0.25, 0.3) is 0 Å². The molecule has 0 aromatic carbocycles. The van der Waals surface area contributed by atoms with Crippen LogP contribution in [0.15, 0.2) is 0 Å². The fourth-order valence-corrected chi connectivity index (χ4v) is 2.55. The maximum atomic E-state index is 11.7. The summed E-state index contributed by atoms with van der Waals surface area (Å²) in [5, 5.41) is 0. The number of fused-ring (bicyclic) bond motifs is 1. The van der Waals surface area contributed by atoms with Crippen LogP contribution in [0.5, 0.6) is 0 Å². The van der Waals surface area contributed by atoms with Gasteiger partial charge in [-0.05, 0) is 36.8 Å². The van der Waals surface area contributed by atoms with Crippen LogP contribution in [-0.2, 0) is 19.3 Å². The lowest BCUT2D eigenvalue weighted by Crippen LogP contribution is -2.10. The molecule has 1 heterocycles. The van der Waals surface area contributed by atoms with Crippen LogP contribution in [0, 0.1) is 0 Å². The highest BCUT2D eigenvalue weighted by Gasteiger charge is 2.23. The van der Waals surface area contributed by atoms with Crippen LogP contribution in [-0.4, -0.2) is 10.8 Å². The van der Waals surface area contributed by atoms with Crippen molar-refractivity contribution in [2.75, 3.05) is 0 Å². The van der Waals surface area contributed by atoms with E-state index >= 15 is 0 Å². The van der Waals surface area contributed by atoms with E-state index in [4.69, 9.17) is 0 Å². The van der Waals surface area contributed by atoms with Gasteiger partial charge in [0.1, 0.15) is 0 Å². The van der Waals surface area contributed by atoms with Crippen molar-refractivity contribution in [2.45, 2.75) is 52.4 Å². The van der Waals surface area contributed by atoms with Crippen LogP contribution in [0.1, 0.15) is 60.4 Å². The van der Waals surface area contributed by atoms with Crippen molar-refractivity contribution in [1.29, 1.82) is 0 Å². The minimum Gasteiger partial charge on any atom is -0.356 e. The zero-order valence-electron chi connectivity index (χ0n) is 9.65. The van der Waals surface area contributed by atoms with Crippen molar-refractivity contribution in [3.8, 4) is 0 Å². The summed E-state index contributed by atoms with van der Waals surface area (Å²) in [4.78, 5) is 15.1. The third-order valence-electron chi connectivity index (χ3n) is 3.27. The maximum absolute atomic E-state index is 11.7. The van der Waals surface area contributed by atoms with Gasteiger partial charge >= 0.3 is 0 Å². The normalized spacial score (nSPS) is 15.5.